The summed E-state index contributed by atoms with van der Waals surface area (Å²) < 4.78 is 5.47. The second kappa shape index (κ2) is 6.87. The quantitative estimate of drug-likeness (QED) is 0.809. The average Bonchev–Trinajstić information content (AvgIpc) is 3.24. The Morgan fingerprint density at radius 3 is 2.81 bits per heavy atom. The first-order valence-electron chi connectivity index (χ1n) is 7.76. The molecule has 0 atom stereocenters. The number of hydrogen-bond donors (Lipinski definition) is 1. The predicted octanol–water partition coefficient (Wildman–Crippen LogP) is 2.95. The number of aromatic nitrogens is 1. The smallest absolute Gasteiger partial charge is 0.117 e. The van der Waals surface area contributed by atoms with Gasteiger partial charge in [-0.25, -0.2) is 0 Å². The summed E-state index contributed by atoms with van der Waals surface area (Å²) in [6.07, 6.45) is 6.31. The van der Waals surface area contributed by atoms with Gasteiger partial charge in [0, 0.05) is 25.3 Å². The number of nitrogens with one attached hydrogen (secondary N) is 1. The van der Waals surface area contributed by atoms with Crippen LogP contribution >= 0.6 is 0 Å². The number of nitrogens with zero attached hydrogens (tertiary/aromatic N) is 2. The summed E-state index contributed by atoms with van der Waals surface area (Å²) >= 11 is 0. The van der Waals surface area contributed by atoms with Crippen molar-refractivity contribution in [3.05, 3.63) is 53.7 Å². The largest absolute Gasteiger partial charge is 0.468 e. The van der Waals surface area contributed by atoms with Gasteiger partial charge in [0.05, 0.1) is 18.5 Å². The number of furan rings is 1. The van der Waals surface area contributed by atoms with Crippen LogP contribution in [0, 0.1) is 0 Å². The lowest BCUT2D eigenvalue weighted by atomic mass is 10.2. The van der Waals surface area contributed by atoms with Gasteiger partial charge in [0.1, 0.15) is 5.76 Å². The van der Waals surface area contributed by atoms with Crippen molar-refractivity contribution >= 4 is 0 Å². The summed E-state index contributed by atoms with van der Waals surface area (Å²) in [6.45, 7) is 5.76. The molecule has 0 bridgehead atoms. The molecule has 2 aromatic heterocycles. The molecular formula is C17H23N3O. The fourth-order valence-electron chi connectivity index (χ4n) is 2.49. The first-order chi connectivity index (χ1) is 10.3. The highest BCUT2D eigenvalue weighted by atomic mass is 16.3. The van der Waals surface area contributed by atoms with Crippen molar-refractivity contribution in [3.63, 3.8) is 0 Å². The molecule has 4 heteroatoms. The van der Waals surface area contributed by atoms with E-state index in [-0.39, 0.29) is 0 Å². The highest BCUT2D eigenvalue weighted by Gasteiger charge is 2.29. The summed E-state index contributed by atoms with van der Waals surface area (Å²) in [5, 5.41) is 3.32. The van der Waals surface area contributed by atoms with E-state index in [0.717, 1.165) is 37.6 Å². The van der Waals surface area contributed by atoms with Crippen molar-refractivity contribution in [1.82, 2.24) is 15.2 Å². The average molecular weight is 285 g/mol. The van der Waals surface area contributed by atoms with Gasteiger partial charge in [-0.15, -0.1) is 0 Å². The van der Waals surface area contributed by atoms with Crippen molar-refractivity contribution < 1.29 is 4.42 Å². The molecule has 4 nitrogen and oxygen atoms in total. The molecule has 21 heavy (non-hydrogen) atoms. The molecule has 0 radical (unpaired) electrons. The van der Waals surface area contributed by atoms with Crippen LogP contribution in [-0.4, -0.2) is 22.5 Å². The first kappa shape index (κ1) is 14.3. The highest BCUT2D eigenvalue weighted by Crippen LogP contribution is 2.29. The third kappa shape index (κ3) is 4.16. The Kier molecular flexibility index (Phi) is 4.68. The topological polar surface area (TPSA) is 41.3 Å². The Morgan fingerprint density at radius 1 is 1.29 bits per heavy atom. The molecule has 0 aromatic carbocycles. The summed E-state index contributed by atoms with van der Waals surface area (Å²) in [4.78, 5) is 7.06. The van der Waals surface area contributed by atoms with Crippen LogP contribution in [0.4, 0.5) is 0 Å². The fraction of sp³-hybridized carbons (Fsp3) is 0.471. The third-order valence-corrected chi connectivity index (χ3v) is 3.83. The molecule has 0 amide bonds. The summed E-state index contributed by atoms with van der Waals surface area (Å²) in [6, 6.07) is 9.00. The van der Waals surface area contributed by atoms with Crippen molar-refractivity contribution in [2.24, 2.45) is 0 Å². The molecule has 1 saturated carbocycles. The highest BCUT2D eigenvalue weighted by molar-refractivity contribution is 5.14. The molecule has 0 saturated heterocycles. The Morgan fingerprint density at radius 2 is 2.19 bits per heavy atom. The van der Waals surface area contributed by atoms with E-state index in [1.165, 1.54) is 18.4 Å². The van der Waals surface area contributed by atoms with E-state index < -0.39 is 0 Å². The van der Waals surface area contributed by atoms with E-state index in [1.807, 2.05) is 18.3 Å². The molecule has 0 unspecified atom stereocenters. The minimum absolute atomic E-state index is 0.693. The van der Waals surface area contributed by atoms with Crippen molar-refractivity contribution in [2.45, 2.75) is 45.4 Å². The van der Waals surface area contributed by atoms with Crippen LogP contribution < -0.4 is 5.32 Å². The van der Waals surface area contributed by atoms with E-state index in [9.17, 15) is 0 Å². The van der Waals surface area contributed by atoms with E-state index >= 15 is 0 Å². The fourth-order valence-corrected chi connectivity index (χ4v) is 2.49. The Labute approximate surface area is 126 Å². The molecule has 0 spiro atoms. The van der Waals surface area contributed by atoms with Gasteiger partial charge in [-0.3, -0.25) is 9.88 Å². The third-order valence-electron chi connectivity index (χ3n) is 3.83. The van der Waals surface area contributed by atoms with Crippen LogP contribution in [0.25, 0.3) is 0 Å². The van der Waals surface area contributed by atoms with Gasteiger partial charge >= 0.3 is 0 Å². The molecule has 1 fully saturated rings. The lowest BCUT2D eigenvalue weighted by molar-refractivity contribution is 0.222. The zero-order valence-electron chi connectivity index (χ0n) is 12.6. The van der Waals surface area contributed by atoms with Crippen LogP contribution in [0.2, 0.25) is 0 Å². The van der Waals surface area contributed by atoms with Gasteiger partial charge in [-0.2, -0.15) is 0 Å². The van der Waals surface area contributed by atoms with Crippen LogP contribution in [0.5, 0.6) is 0 Å². The normalized spacial score (nSPS) is 14.8. The van der Waals surface area contributed by atoms with Crippen molar-refractivity contribution in [2.75, 3.05) is 6.54 Å². The van der Waals surface area contributed by atoms with E-state index in [2.05, 4.69) is 34.3 Å². The maximum absolute atomic E-state index is 5.47. The Hall–Kier alpha value is -1.65. The number of pyridine rings is 1. The molecule has 2 heterocycles. The maximum Gasteiger partial charge on any atom is 0.117 e. The minimum Gasteiger partial charge on any atom is -0.468 e. The van der Waals surface area contributed by atoms with Gasteiger partial charge in [0.15, 0.2) is 0 Å². The Balaban J connectivity index is 1.60. The molecule has 112 valence electrons. The summed E-state index contributed by atoms with van der Waals surface area (Å²) in [5.74, 6) is 1.03. The van der Waals surface area contributed by atoms with Gasteiger partial charge in [-0.1, -0.05) is 13.0 Å². The van der Waals surface area contributed by atoms with Gasteiger partial charge in [0.25, 0.3) is 0 Å². The van der Waals surface area contributed by atoms with Crippen molar-refractivity contribution in [3.8, 4) is 0 Å². The van der Waals surface area contributed by atoms with Crippen LogP contribution in [-0.2, 0) is 19.6 Å². The van der Waals surface area contributed by atoms with Gasteiger partial charge in [-0.05, 0) is 43.1 Å². The molecule has 1 aliphatic rings. The zero-order chi connectivity index (χ0) is 14.5. The zero-order valence-corrected chi connectivity index (χ0v) is 12.6. The van der Waals surface area contributed by atoms with E-state index in [0.29, 0.717) is 6.04 Å². The molecule has 0 aliphatic heterocycles. The minimum atomic E-state index is 0.693. The molecule has 2 aromatic rings. The van der Waals surface area contributed by atoms with Crippen LogP contribution in [0.15, 0.2) is 41.1 Å². The SMILES string of the molecule is CCNCc1ccc(CN(Cc2ccco2)C2CC2)nc1. The molecular weight excluding hydrogens is 262 g/mol. The molecule has 3 rings (SSSR count). The van der Waals surface area contributed by atoms with Crippen LogP contribution in [0.3, 0.4) is 0 Å². The lowest BCUT2D eigenvalue weighted by Crippen LogP contribution is -2.25. The van der Waals surface area contributed by atoms with Gasteiger partial charge in [0.2, 0.25) is 0 Å². The first-order valence-corrected chi connectivity index (χ1v) is 7.76. The van der Waals surface area contributed by atoms with E-state index in [4.69, 9.17) is 4.42 Å². The maximum atomic E-state index is 5.47. The molecule has 1 N–H and O–H groups in total. The second-order valence-electron chi connectivity index (χ2n) is 5.65. The Bertz CT molecular complexity index is 532. The number of hydrogen-bond acceptors (Lipinski definition) is 4. The van der Waals surface area contributed by atoms with Crippen LogP contribution in [0.1, 0.15) is 36.8 Å². The van der Waals surface area contributed by atoms with Gasteiger partial charge < -0.3 is 9.73 Å². The predicted molar refractivity (Wildman–Crippen MR) is 82.6 cm³/mol. The second-order valence-corrected chi connectivity index (χ2v) is 5.65. The molecule has 1 aliphatic carbocycles. The summed E-state index contributed by atoms with van der Waals surface area (Å²) in [7, 11) is 0. The standard InChI is InChI=1S/C17H23N3O/c1-2-18-10-14-5-6-15(19-11-14)12-20(16-7-8-16)13-17-4-3-9-21-17/h3-6,9,11,16,18H,2,7-8,10,12-13H2,1H3. The lowest BCUT2D eigenvalue weighted by Gasteiger charge is -2.20. The van der Waals surface area contributed by atoms with Crippen molar-refractivity contribution in [1.29, 1.82) is 0 Å². The van der Waals surface area contributed by atoms with E-state index in [1.54, 1.807) is 6.26 Å². The monoisotopic (exact) mass is 285 g/mol. The summed E-state index contributed by atoms with van der Waals surface area (Å²) in [5.41, 5.74) is 2.37. The number of rotatable bonds is 8.